The van der Waals surface area contributed by atoms with Crippen LogP contribution >= 0.6 is 0 Å². The number of hydrogen-bond donors (Lipinski definition) is 3. The first-order chi connectivity index (χ1) is 9.00. The Morgan fingerprint density at radius 3 is 2.74 bits per heavy atom. The first-order valence-electron chi connectivity index (χ1n) is 5.93. The van der Waals surface area contributed by atoms with Crippen molar-refractivity contribution in [1.82, 2.24) is 0 Å². The van der Waals surface area contributed by atoms with Gasteiger partial charge in [-0.05, 0) is 24.8 Å². The number of aromatic carboxylic acids is 1. The van der Waals surface area contributed by atoms with Gasteiger partial charge in [-0.15, -0.1) is 0 Å². The highest BCUT2D eigenvalue weighted by Gasteiger charge is 2.30. The number of hydrogen-bond acceptors (Lipinski definition) is 5. The summed E-state index contributed by atoms with van der Waals surface area (Å²) >= 11 is 0. The lowest BCUT2D eigenvalue weighted by molar-refractivity contribution is -0.384. The third-order valence-corrected chi connectivity index (χ3v) is 3.12. The standard InChI is InChI=1S/C12H14N2O5/c15-10(7-4-5-7)6-13-11-8(12(16)17)2-1-3-9(11)14(18)19/h1-3,7,10,13,15H,4-6H2,(H,16,17). The van der Waals surface area contributed by atoms with Gasteiger partial charge in [-0.3, -0.25) is 10.1 Å². The van der Waals surface area contributed by atoms with Gasteiger partial charge in [0.15, 0.2) is 0 Å². The number of carboxylic acids is 1. The van der Waals surface area contributed by atoms with Gasteiger partial charge in [0.1, 0.15) is 5.69 Å². The van der Waals surface area contributed by atoms with Crippen LogP contribution in [0.25, 0.3) is 0 Å². The predicted molar refractivity (Wildman–Crippen MR) is 67.3 cm³/mol. The van der Waals surface area contributed by atoms with Crippen LogP contribution in [0.3, 0.4) is 0 Å². The van der Waals surface area contributed by atoms with E-state index in [2.05, 4.69) is 5.32 Å². The molecule has 19 heavy (non-hydrogen) atoms. The van der Waals surface area contributed by atoms with Crippen LogP contribution in [0.1, 0.15) is 23.2 Å². The van der Waals surface area contributed by atoms with Gasteiger partial charge in [0.05, 0.1) is 16.6 Å². The molecule has 7 heteroatoms. The molecule has 1 aromatic rings. The molecular formula is C12H14N2O5. The van der Waals surface area contributed by atoms with E-state index < -0.39 is 17.0 Å². The number of benzene rings is 1. The zero-order chi connectivity index (χ0) is 14.0. The lowest BCUT2D eigenvalue weighted by atomic mass is 10.1. The van der Waals surface area contributed by atoms with Crippen molar-refractivity contribution in [2.24, 2.45) is 5.92 Å². The van der Waals surface area contributed by atoms with Crippen LogP contribution in [0, 0.1) is 16.0 Å². The van der Waals surface area contributed by atoms with Crippen molar-refractivity contribution in [3.8, 4) is 0 Å². The van der Waals surface area contributed by atoms with Crippen LogP contribution in [-0.2, 0) is 0 Å². The monoisotopic (exact) mass is 266 g/mol. The molecule has 2 rings (SSSR count). The second-order valence-corrected chi connectivity index (χ2v) is 4.55. The summed E-state index contributed by atoms with van der Waals surface area (Å²) in [5.41, 5.74) is -0.528. The second kappa shape index (κ2) is 5.23. The number of carbonyl (C=O) groups is 1. The third-order valence-electron chi connectivity index (χ3n) is 3.12. The number of nitrogens with zero attached hydrogens (tertiary/aromatic N) is 1. The van der Waals surface area contributed by atoms with E-state index in [0.717, 1.165) is 12.8 Å². The van der Waals surface area contributed by atoms with E-state index in [9.17, 15) is 20.0 Å². The summed E-state index contributed by atoms with van der Waals surface area (Å²) in [6, 6.07) is 3.85. The molecule has 0 aliphatic heterocycles. The number of nitrogens with one attached hydrogen (secondary N) is 1. The first kappa shape index (κ1) is 13.3. The average Bonchev–Trinajstić information content (AvgIpc) is 3.19. The van der Waals surface area contributed by atoms with Gasteiger partial charge in [0.25, 0.3) is 5.69 Å². The van der Waals surface area contributed by atoms with Crippen molar-refractivity contribution in [2.45, 2.75) is 18.9 Å². The average molecular weight is 266 g/mol. The topological polar surface area (TPSA) is 113 Å². The Hall–Kier alpha value is -2.15. The molecular weight excluding hydrogens is 252 g/mol. The maximum atomic E-state index is 11.1. The highest BCUT2D eigenvalue weighted by Crippen LogP contribution is 2.34. The number of nitro benzene ring substituents is 1. The van der Waals surface area contributed by atoms with Crippen LogP contribution in [0.2, 0.25) is 0 Å². The molecule has 0 heterocycles. The van der Waals surface area contributed by atoms with Gasteiger partial charge in [0.2, 0.25) is 0 Å². The van der Waals surface area contributed by atoms with Crippen LogP contribution in [-0.4, -0.2) is 33.8 Å². The van der Waals surface area contributed by atoms with E-state index in [-0.39, 0.29) is 29.4 Å². The molecule has 3 N–H and O–H groups in total. The number of aliphatic hydroxyl groups excluding tert-OH is 1. The highest BCUT2D eigenvalue weighted by molar-refractivity contribution is 5.96. The minimum absolute atomic E-state index is 0.0558. The number of carboxylic acid groups (broad SMARTS) is 1. The summed E-state index contributed by atoms with van der Waals surface area (Å²) in [4.78, 5) is 21.3. The molecule has 0 aromatic heterocycles. The zero-order valence-corrected chi connectivity index (χ0v) is 10.1. The van der Waals surface area contributed by atoms with Gasteiger partial charge in [-0.2, -0.15) is 0 Å². The van der Waals surface area contributed by atoms with E-state index in [4.69, 9.17) is 5.11 Å². The maximum absolute atomic E-state index is 11.1. The molecule has 1 unspecified atom stereocenters. The molecule has 1 saturated carbocycles. The molecule has 1 aliphatic rings. The molecule has 7 nitrogen and oxygen atoms in total. The van der Waals surface area contributed by atoms with Crippen molar-refractivity contribution in [3.05, 3.63) is 33.9 Å². The Bertz CT molecular complexity index is 481. The highest BCUT2D eigenvalue weighted by atomic mass is 16.6. The first-order valence-corrected chi connectivity index (χ1v) is 5.93. The summed E-state index contributed by atoms with van der Waals surface area (Å²) in [7, 11) is 0. The Labute approximate surface area is 109 Å². The lowest BCUT2D eigenvalue weighted by Gasteiger charge is -2.13. The quantitative estimate of drug-likeness (QED) is 0.531. The van der Waals surface area contributed by atoms with E-state index in [1.807, 2.05) is 0 Å². The number of nitro groups is 1. The van der Waals surface area contributed by atoms with Gasteiger partial charge in [0, 0.05) is 12.6 Å². The van der Waals surface area contributed by atoms with E-state index >= 15 is 0 Å². The van der Waals surface area contributed by atoms with E-state index in [1.54, 1.807) is 0 Å². The van der Waals surface area contributed by atoms with Crippen molar-refractivity contribution < 1.29 is 19.9 Å². The summed E-state index contributed by atoms with van der Waals surface area (Å²) in [5, 5.41) is 32.4. The zero-order valence-electron chi connectivity index (χ0n) is 10.1. The second-order valence-electron chi connectivity index (χ2n) is 4.55. The van der Waals surface area contributed by atoms with Gasteiger partial charge in [-0.25, -0.2) is 4.79 Å². The van der Waals surface area contributed by atoms with Crippen LogP contribution in [0.15, 0.2) is 18.2 Å². The molecule has 102 valence electrons. The fraction of sp³-hybridized carbons (Fsp3) is 0.417. The van der Waals surface area contributed by atoms with Gasteiger partial charge >= 0.3 is 5.97 Å². The van der Waals surface area contributed by atoms with Gasteiger partial charge < -0.3 is 15.5 Å². The number of aliphatic hydroxyl groups is 1. The van der Waals surface area contributed by atoms with Crippen LogP contribution < -0.4 is 5.32 Å². The third kappa shape index (κ3) is 3.00. The van der Waals surface area contributed by atoms with Gasteiger partial charge in [-0.1, -0.05) is 6.07 Å². The summed E-state index contributed by atoms with van der Waals surface area (Å²) in [5.74, 6) is -1.03. The number of anilines is 1. The molecule has 1 aromatic carbocycles. The maximum Gasteiger partial charge on any atom is 0.338 e. The van der Waals surface area contributed by atoms with Crippen molar-refractivity contribution >= 4 is 17.3 Å². The lowest BCUT2D eigenvalue weighted by Crippen LogP contribution is -2.22. The number of rotatable bonds is 6. The molecule has 0 saturated heterocycles. The Balaban J connectivity index is 2.23. The van der Waals surface area contributed by atoms with Crippen LogP contribution in [0.5, 0.6) is 0 Å². The minimum Gasteiger partial charge on any atom is -0.478 e. The van der Waals surface area contributed by atoms with Crippen molar-refractivity contribution in [1.29, 1.82) is 0 Å². The summed E-state index contributed by atoms with van der Waals surface area (Å²) in [6.45, 7) is 0.107. The van der Waals surface area contributed by atoms with E-state index in [0.29, 0.717) is 0 Å². The summed E-state index contributed by atoms with van der Waals surface area (Å²) < 4.78 is 0. The normalized spacial score (nSPS) is 15.8. The predicted octanol–water partition coefficient (Wildman–Crippen LogP) is 1.48. The van der Waals surface area contributed by atoms with Crippen LogP contribution in [0.4, 0.5) is 11.4 Å². The molecule has 0 radical (unpaired) electrons. The fourth-order valence-corrected chi connectivity index (χ4v) is 1.91. The Kier molecular flexibility index (Phi) is 3.66. The molecule has 0 amide bonds. The molecule has 1 fully saturated rings. The largest absolute Gasteiger partial charge is 0.478 e. The SMILES string of the molecule is O=C(O)c1cccc([N+](=O)[O-])c1NCC(O)C1CC1. The van der Waals surface area contributed by atoms with Crippen molar-refractivity contribution in [3.63, 3.8) is 0 Å². The van der Waals surface area contributed by atoms with E-state index in [1.165, 1.54) is 18.2 Å². The molecule has 1 aliphatic carbocycles. The number of para-hydroxylation sites is 1. The summed E-state index contributed by atoms with van der Waals surface area (Å²) in [6.07, 6.45) is 1.26. The Morgan fingerprint density at radius 1 is 1.53 bits per heavy atom. The smallest absolute Gasteiger partial charge is 0.338 e. The van der Waals surface area contributed by atoms with Crippen molar-refractivity contribution in [2.75, 3.05) is 11.9 Å². The minimum atomic E-state index is -1.24. The Morgan fingerprint density at radius 2 is 2.21 bits per heavy atom. The fourth-order valence-electron chi connectivity index (χ4n) is 1.91. The molecule has 0 bridgehead atoms. The molecule has 0 spiro atoms. The molecule has 1 atom stereocenters.